The summed E-state index contributed by atoms with van der Waals surface area (Å²) in [7, 11) is -1.62. The molecule has 13 heteroatoms. The molecule has 0 bridgehead atoms. The molecular formula is C27H24N10O2S. The number of pyridine rings is 1. The Morgan fingerprint density at radius 2 is 1.75 bits per heavy atom. The fourth-order valence-electron chi connectivity index (χ4n) is 4.27. The highest BCUT2D eigenvalue weighted by Crippen LogP contribution is 2.36. The first-order chi connectivity index (χ1) is 19.4. The maximum Gasteiger partial charge on any atom is 0.256 e. The summed E-state index contributed by atoms with van der Waals surface area (Å²) < 4.78 is 29.7. The molecule has 2 aliphatic rings. The smallest absolute Gasteiger partial charge is 0.256 e. The molecule has 2 fully saturated rings. The fraction of sp³-hybridized carbons (Fsp3) is 0.259. The van der Waals surface area contributed by atoms with E-state index in [4.69, 9.17) is 0 Å². The monoisotopic (exact) mass is 552 g/mol. The predicted molar refractivity (Wildman–Crippen MR) is 147 cm³/mol. The van der Waals surface area contributed by atoms with Crippen molar-refractivity contribution in [2.45, 2.75) is 37.0 Å². The lowest BCUT2D eigenvalue weighted by atomic mass is 10.1. The van der Waals surface area contributed by atoms with Crippen molar-refractivity contribution in [1.29, 1.82) is 0 Å². The van der Waals surface area contributed by atoms with E-state index in [9.17, 15) is 8.42 Å². The Morgan fingerprint density at radius 1 is 0.900 bits per heavy atom. The van der Waals surface area contributed by atoms with Gasteiger partial charge in [0, 0.05) is 48.5 Å². The van der Waals surface area contributed by atoms with Crippen LogP contribution in [-0.2, 0) is 17.1 Å². The molecule has 5 aromatic heterocycles. The minimum absolute atomic E-state index is 0.350. The standard InChI is InChI=1S/C27H24N10O2S/c1-35-15-18(11-30-35)2-3-19-10-26(29-14-24(19)20-12-31-36(16-20)22-4-5-22)33-25-8-9-28-27(34-25)21-13-32-37(17-21)40(38,39)23-6-7-23/h8-17,22-23H,4-7H2,1H3,(H,28,29,33,34). The Bertz CT molecular complexity index is 1900. The Kier molecular flexibility index (Phi) is 5.71. The number of hydrogen-bond donors (Lipinski definition) is 1. The zero-order valence-electron chi connectivity index (χ0n) is 21.5. The molecule has 40 heavy (non-hydrogen) atoms. The van der Waals surface area contributed by atoms with Gasteiger partial charge < -0.3 is 5.32 Å². The van der Waals surface area contributed by atoms with E-state index < -0.39 is 10.0 Å². The van der Waals surface area contributed by atoms with E-state index in [1.54, 1.807) is 29.3 Å². The molecule has 0 aliphatic heterocycles. The van der Waals surface area contributed by atoms with Gasteiger partial charge >= 0.3 is 0 Å². The third kappa shape index (κ3) is 4.85. The lowest BCUT2D eigenvalue weighted by Crippen LogP contribution is -2.17. The van der Waals surface area contributed by atoms with Gasteiger partial charge in [0.2, 0.25) is 0 Å². The van der Waals surface area contributed by atoms with E-state index in [2.05, 4.69) is 47.4 Å². The number of aryl methyl sites for hydroxylation is 1. The zero-order valence-corrected chi connectivity index (χ0v) is 22.3. The van der Waals surface area contributed by atoms with E-state index in [1.807, 2.05) is 36.4 Å². The van der Waals surface area contributed by atoms with E-state index in [0.29, 0.717) is 41.9 Å². The first-order valence-corrected chi connectivity index (χ1v) is 14.4. The zero-order chi connectivity index (χ0) is 27.3. The maximum absolute atomic E-state index is 12.5. The van der Waals surface area contributed by atoms with E-state index in [-0.39, 0.29) is 5.25 Å². The number of rotatable bonds is 7. The molecule has 12 nitrogen and oxygen atoms in total. The fourth-order valence-corrected chi connectivity index (χ4v) is 5.75. The maximum atomic E-state index is 12.5. The average Bonchev–Trinajstić information content (AvgIpc) is 3.84. The van der Waals surface area contributed by atoms with Crippen LogP contribution in [-0.4, -0.2) is 57.4 Å². The minimum Gasteiger partial charge on any atom is -0.325 e. The second-order valence-electron chi connectivity index (χ2n) is 9.94. The van der Waals surface area contributed by atoms with Gasteiger partial charge in [-0.2, -0.15) is 19.4 Å². The Morgan fingerprint density at radius 3 is 2.52 bits per heavy atom. The van der Waals surface area contributed by atoms with Crippen molar-refractivity contribution in [2.75, 3.05) is 5.32 Å². The van der Waals surface area contributed by atoms with Crippen molar-refractivity contribution >= 4 is 21.7 Å². The summed E-state index contributed by atoms with van der Waals surface area (Å²) in [6, 6.07) is 4.06. The van der Waals surface area contributed by atoms with Gasteiger partial charge in [0.05, 0.1) is 47.2 Å². The van der Waals surface area contributed by atoms with Crippen molar-refractivity contribution in [3.63, 3.8) is 0 Å². The first-order valence-electron chi connectivity index (χ1n) is 12.9. The molecule has 0 spiro atoms. The van der Waals surface area contributed by atoms with Gasteiger partial charge in [-0.1, -0.05) is 11.8 Å². The molecule has 1 N–H and O–H groups in total. The third-order valence-corrected chi connectivity index (χ3v) is 8.76. The minimum atomic E-state index is -3.47. The number of nitrogens with zero attached hydrogens (tertiary/aromatic N) is 9. The molecule has 0 aromatic carbocycles. The summed E-state index contributed by atoms with van der Waals surface area (Å²) >= 11 is 0. The second kappa shape index (κ2) is 9.42. The molecule has 5 aromatic rings. The second-order valence-corrected chi connectivity index (χ2v) is 12.0. The van der Waals surface area contributed by atoms with E-state index >= 15 is 0 Å². The Labute approximate surface area is 230 Å². The molecule has 200 valence electrons. The predicted octanol–water partition coefficient (Wildman–Crippen LogP) is 3.15. The van der Waals surface area contributed by atoms with Crippen LogP contribution in [0.4, 0.5) is 11.6 Å². The summed E-state index contributed by atoms with van der Waals surface area (Å²) in [5.74, 6) is 7.84. The van der Waals surface area contributed by atoms with Crippen molar-refractivity contribution in [3.05, 3.63) is 72.8 Å². The molecule has 0 saturated heterocycles. The molecule has 0 radical (unpaired) electrons. The van der Waals surface area contributed by atoms with Crippen molar-refractivity contribution in [3.8, 4) is 34.4 Å². The van der Waals surface area contributed by atoms with Crippen LogP contribution >= 0.6 is 0 Å². The highest BCUT2D eigenvalue weighted by molar-refractivity contribution is 7.90. The number of nitrogens with one attached hydrogen (secondary N) is 1. The lowest BCUT2D eigenvalue weighted by molar-refractivity contribution is 0.578. The van der Waals surface area contributed by atoms with Crippen LogP contribution in [0.1, 0.15) is 42.9 Å². The summed E-state index contributed by atoms with van der Waals surface area (Å²) in [4.78, 5) is 13.5. The third-order valence-electron chi connectivity index (χ3n) is 6.72. The van der Waals surface area contributed by atoms with Crippen molar-refractivity contribution in [2.24, 2.45) is 7.05 Å². The molecule has 2 saturated carbocycles. The molecule has 0 unspecified atom stereocenters. The van der Waals surface area contributed by atoms with Crippen molar-refractivity contribution < 1.29 is 8.42 Å². The average molecular weight is 553 g/mol. The molecule has 7 rings (SSSR count). The SMILES string of the molecule is Cn1cc(C#Cc2cc(Nc3ccnc(-c4cnn(S(=O)(=O)C5CC5)c4)n3)ncc2-c2cnn(C3CC3)c2)cn1. The highest BCUT2D eigenvalue weighted by atomic mass is 32.2. The summed E-state index contributed by atoms with van der Waals surface area (Å²) in [5, 5.41) is 15.6. The van der Waals surface area contributed by atoms with Crippen LogP contribution in [0.2, 0.25) is 0 Å². The van der Waals surface area contributed by atoms with Crippen LogP contribution in [0.25, 0.3) is 22.5 Å². The number of anilines is 2. The molecule has 0 atom stereocenters. The molecule has 2 aliphatic carbocycles. The van der Waals surface area contributed by atoms with Crippen molar-refractivity contribution in [1.82, 2.24) is 43.7 Å². The van der Waals surface area contributed by atoms with Gasteiger partial charge in [-0.25, -0.2) is 23.4 Å². The molecular weight excluding hydrogens is 528 g/mol. The van der Waals surface area contributed by atoms with Crippen LogP contribution < -0.4 is 5.32 Å². The number of hydrogen-bond acceptors (Lipinski definition) is 9. The van der Waals surface area contributed by atoms with E-state index in [1.165, 1.54) is 12.4 Å². The number of aromatic nitrogens is 9. The van der Waals surface area contributed by atoms with Gasteiger partial charge in [-0.15, -0.1) is 0 Å². The van der Waals surface area contributed by atoms with Crippen LogP contribution in [0, 0.1) is 11.8 Å². The quantitative estimate of drug-likeness (QED) is 0.302. The lowest BCUT2D eigenvalue weighted by Gasteiger charge is -2.08. The van der Waals surface area contributed by atoms with Gasteiger partial charge in [-0.05, 0) is 37.8 Å². The summed E-state index contributed by atoms with van der Waals surface area (Å²) in [6.45, 7) is 0. The largest absolute Gasteiger partial charge is 0.325 e. The normalized spacial score (nSPS) is 15.0. The van der Waals surface area contributed by atoms with Gasteiger partial charge in [0.25, 0.3) is 10.0 Å². The van der Waals surface area contributed by atoms with Gasteiger partial charge in [0.15, 0.2) is 5.82 Å². The molecule has 5 heterocycles. The van der Waals surface area contributed by atoms with Gasteiger partial charge in [0.1, 0.15) is 11.6 Å². The van der Waals surface area contributed by atoms with Gasteiger partial charge in [-0.3, -0.25) is 9.36 Å². The summed E-state index contributed by atoms with van der Waals surface area (Å²) in [5.41, 5.74) is 3.91. The van der Waals surface area contributed by atoms with Crippen LogP contribution in [0.15, 0.2) is 61.7 Å². The first kappa shape index (κ1) is 24.2. The topological polar surface area (TPSA) is 138 Å². The Balaban J connectivity index is 1.19. The van der Waals surface area contributed by atoms with E-state index in [0.717, 1.165) is 39.2 Å². The summed E-state index contributed by atoms with van der Waals surface area (Å²) in [6.07, 6.45) is 17.4. The highest BCUT2D eigenvalue weighted by Gasteiger charge is 2.37. The molecule has 0 amide bonds. The van der Waals surface area contributed by atoms with Crippen LogP contribution in [0.5, 0.6) is 0 Å². The van der Waals surface area contributed by atoms with Crippen LogP contribution in [0.3, 0.4) is 0 Å². The Hall–Kier alpha value is -4.83.